The molecular formula is C11H17N3O. The Morgan fingerprint density at radius 3 is 2.93 bits per heavy atom. The summed E-state index contributed by atoms with van der Waals surface area (Å²) in [6, 6.07) is 1.89. The van der Waals surface area contributed by atoms with E-state index in [-0.39, 0.29) is 6.10 Å². The SMILES string of the molecule is Cc1cc(O[C@H]2CCCNC2)nc(C)n1. The maximum absolute atomic E-state index is 5.80. The van der Waals surface area contributed by atoms with Crippen LogP contribution in [0, 0.1) is 13.8 Å². The molecule has 2 rings (SSSR count). The molecule has 4 nitrogen and oxygen atoms in total. The third-order valence-corrected chi connectivity index (χ3v) is 2.48. The average Bonchev–Trinajstić information content (AvgIpc) is 2.17. The summed E-state index contributed by atoms with van der Waals surface area (Å²) in [5.41, 5.74) is 0.960. The molecule has 0 bridgehead atoms. The third kappa shape index (κ3) is 2.89. The zero-order chi connectivity index (χ0) is 10.7. The van der Waals surface area contributed by atoms with Crippen LogP contribution in [-0.4, -0.2) is 29.2 Å². The first kappa shape index (κ1) is 10.4. The van der Waals surface area contributed by atoms with Gasteiger partial charge in [0, 0.05) is 18.3 Å². The number of hydrogen-bond acceptors (Lipinski definition) is 4. The first-order valence-electron chi connectivity index (χ1n) is 5.44. The minimum Gasteiger partial charge on any atom is -0.473 e. The van der Waals surface area contributed by atoms with E-state index in [9.17, 15) is 0 Å². The largest absolute Gasteiger partial charge is 0.473 e. The topological polar surface area (TPSA) is 47.0 Å². The van der Waals surface area contributed by atoms with Crippen molar-refractivity contribution in [2.75, 3.05) is 13.1 Å². The molecule has 0 aliphatic carbocycles. The smallest absolute Gasteiger partial charge is 0.217 e. The molecule has 15 heavy (non-hydrogen) atoms. The highest BCUT2D eigenvalue weighted by Gasteiger charge is 2.15. The lowest BCUT2D eigenvalue weighted by Gasteiger charge is -2.23. The van der Waals surface area contributed by atoms with Crippen LogP contribution in [0.5, 0.6) is 5.88 Å². The van der Waals surface area contributed by atoms with Gasteiger partial charge in [0.15, 0.2) is 0 Å². The van der Waals surface area contributed by atoms with Crippen LogP contribution in [-0.2, 0) is 0 Å². The van der Waals surface area contributed by atoms with Crippen molar-refractivity contribution >= 4 is 0 Å². The van der Waals surface area contributed by atoms with E-state index >= 15 is 0 Å². The summed E-state index contributed by atoms with van der Waals surface area (Å²) in [5.74, 6) is 1.47. The van der Waals surface area contributed by atoms with E-state index in [4.69, 9.17) is 4.74 Å². The van der Waals surface area contributed by atoms with Crippen LogP contribution >= 0.6 is 0 Å². The van der Waals surface area contributed by atoms with Crippen molar-refractivity contribution in [2.24, 2.45) is 0 Å². The minimum absolute atomic E-state index is 0.257. The average molecular weight is 207 g/mol. The van der Waals surface area contributed by atoms with Gasteiger partial charge in [0.1, 0.15) is 11.9 Å². The first-order valence-corrected chi connectivity index (χ1v) is 5.44. The van der Waals surface area contributed by atoms with Crippen LogP contribution in [0.15, 0.2) is 6.07 Å². The van der Waals surface area contributed by atoms with Crippen molar-refractivity contribution in [3.8, 4) is 5.88 Å². The Kier molecular flexibility index (Phi) is 3.16. The fourth-order valence-corrected chi connectivity index (χ4v) is 1.83. The molecule has 0 aromatic carbocycles. The van der Waals surface area contributed by atoms with E-state index in [1.165, 1.54) is 6.42 Å². The Balaban J connectivity index is 2.02. The van der Waals surface area contributed by atoms with E-state index in [0.717, 1.165) is 31.0 Å². The number of nitrogens with zero attached hydrogens (tertiary/aromatic N) is 2. The van der Waals surface area contributed by atoms with Crippen molar-refractivity contribution in [1.29, 1.82) is 0 Å². The Morgan fingerprint density at radius 2 is 2.27 bits per heavy atom. The second-order valence-corrected chi connectivity index (χ2v) is 3.98. The molecule has 0 unspecified atom stereocenters. The summed E-state index contributed by atoms with van der Waals surface area (Å²) in [5, 5.41) is 3.32. The lowest BCUT2D eigenvalue weighted by molar-refractivity contribution is 0.160. The molecule has 4 heteroatoms. The van der Waals surface area contributed by atoms with Crippen LogP contribution in [0.2, 0.25) is 0 Å². The number of piperidine rings is 1. The molecule has 0 amide bonds. The van der Waals surface area contributed by atoms with Gasteiger partial charge in [0.25, 0.3) is 0 Å². The van der Waals surface area contributed by atoms with Crippen LogP contribution in [0.25, 0.3) is 0 Å². The first-order chi connectivity index (χ1) is 7.24. The summed E-state index contributed by atoms with van der Waals surface area (Å²) < 4.78 is 5.80. The molecule has 0 spiro atoms. The number of hydrogen-bond donors (Lipinski definition) is 1. The zero-order valence-corrected chi connectivity index (χ0v) is 9.29. The lowest BCUT2D eigenvalue weighted by atomic mass is 10.1. The van der Waals surface area contributed by atoms with E-state index < -0.39 is 0 Å². The maximum Gasteiger partial charge on any atom is 0.217 e. The number of nitrogens with one attached hydrogen (secondary N) is 1. The predicted octanol–water partition coefficient (Wildman–Crippen LogP) is 1.22. The van der Waals surface area contributed by atoms with Gasteiger partial charge in [0.2, 0.25) is 5.88 Å². The van der Waals surface area contributed by atoms with Crippen LogP contribution < -0.4 is 10.1 Å². The highest BCUT2D eigenvalue weighted by atomic mass is 16.5. The highest BCUT2D eigenvalue weighted by Crippen LogP contribution is 2.14. The molecule has 1 aliphatic heterocycles. The number of aryl methyl sites for hydroxylation is 2. The van der Waals surface area contributed by atoms with Gasteiger partial charge in [-0.05, 0) is 33.2 Å². The molecule has 1 aromatic heterocycles. The van der Waals surface area contributed by atoms with E-state index in [2.05, 4.69) is 15.3 Å². The molecule has 2 heterocycles. The molecular weight excluding hydrogens is 190 g/mol. The molecule has 82 valence electrons. The Labute approximate surface area is 90.1 Å². The fourth-order valence-electron chi connectivity index (χ4n) is 1.83. The molecule has 1 atom stereocenters. The second-order valence-electron chi connectivity index (χ2n) is 3.98. The molecule has 1 fully saturated rings. The summed E-state index contributed by atoms with van der Waals surface area (Å²) in [7, 11) is 0. The van der Waals surface area contributed by atoms with E-state index in [1.807, 2.05) is 19.9 Å². The van der Waals surface area contributed by atoms with Crippen LogP contribution in [0.3, 0.4) is 0 Å². The van der Waals surface area contributed by atoms with Crippen LogP contribution in [0.4, 0.5) is 0 Å². The van der Waals surface area contributed by atoms with Crippen molar-refractivity contribution in [3.63, 3.8) is 0 Å². The van der Waals surface area contributed by atoms with Gasteiger partial charge in [-0.1, -0.05) is 0 Å². The number of aromatic nitrogens is 2. The second kappa shape index (κ2) is 4.57. The van der Waals surface area contributed by atoms with Gasteiger partial charge in [0.05, 0.1) is 0 Å². The fraction of sp³-hybridized carbons (Fsp3) is 0.636. The van der Waals surface area contributed by atoms with E-state index in [0.29, 0.717) is 5.88 Å². The van der Waals surface area contributed by atoms with Crippen molar-refractivity contribution in [1.82, 2.24) is 15.3 Å². The molecule has 1 N–H and O–H groups in total. The Bertz CT molecular complexity index is 314. The molecule has 0 radical (unpaired) electrons. The molecule has 1 aromatic rings. The van der Waals surface area contributed by atoms with Gasteiger partial charge in [-0.2, -0.15) is 4.98 Å². The monoisotopic (exact) mass is 207 g/mol. The minimum atomic E-state index is 0.257. The predicted molar refractivity (Wildman–Crippen MR) is 58.0 cm³/mol. The van der Waals surface area contributed by atoms with Crippen LogP contribution in [0.1, 0.15) is 24.4 Å². The molecule has 0 saturated carbocycles. The van der Waals surface area contributed by atoms with Gasteiger partial charge < -0.3 is 10.1 Å². The Hall–Kier alpha value is -1.16. The van der Waals surface area contributed by atoms with Crippen molar-refractivity contribution in [2.45, 2.75) is 32.8 Å². The van der Waals surface area contributed by atoms with E-state index in [1.54, 1.807) is 0 Å². The highest BCUT2D eigenvalue weighted by molar-refractivity contribution is 5.15. The maximum atomic E-state index is 5.80. The summed E-state index contributed by atoms with van der Waals surface area (Å²) in [6.07, 6.45) is 2.54. The van der Waals surface area contributed by atoms with Gasteiger partial charge in [-0.15, -0.1) is 0 Å². The van der Waals surface area contributed by atoms with Crippen molar-refractivity contribution < 1.29 is 4.74 Å². The van der Waals surface area contributed by atoms with Gasteiger partial charge in [-0.3, -0.25) is 0 Å². The summed E-state index contributed by atoms with van der Waals surface area (Å²) in [6.45, 7) is 5.86. The normalized spacial score (nSPS) is 21.3. The standard InChI is InChI=1S/C11H17N3O/c1-8-6-11(14-9(2)13-8)15-10-4-3-5-12-7-10/h6,10,12H,3-5,7H2,1-2H3/t10-/m0/s1. The van der Waals surface area contributed by atoms with Crippen molar-refractivity contribution in [3.05, 3.63) is 17.6 Å². The third-order valence-electron chi connectivity index (χ3n) is 2.48. The quantitative estimate of drug-likeness (QED) is 0.792. The summed E-state index contributed by atoms with van der Waals surface area (Å²) in [4.78, 5) is 8.49. The number of ether oxygens (including phenoxy) is 1. The van der Waals surface area contributed by atoms with Gasteiger partial charge in [-0.25, -0.2) is 4.98 Å². The molecule has 1 saturated heterocycles. The Morgan fingerprint density at radius 1 is 1.40 bits per heavy atom. The summed E-state index contributed by atoms with van der Waals surface area (Å²) >= 11 is 0. The molecule has 1 aliphatic rings. The van der Waals surface area contributed by atoms with Gasteiger partial charge >= 0.3 is 0 Å². The number of rotatable bonds is 2. The zero-order valence-electron chi connectivity index (χ0n) is 9.29. The lowest BCUT2D eigenvalue weighted by Crippen LogP contribution is -2.37.